The van der Waals surface area contributed by atoms with Crippen molar-refractivity contribution in [2.75, 3.05) is 0 Å². The number of hydrogen-bond donors (Lipinski definition) is 1. The first-order valence-electron chi connectivity index (χ1n) is 4.13. The molecule has 0 bridgehead atoms. The van der Waals surface area contributed by atoms with Crippen molar-refractivity contribution in [1.82, 2.24) is 9.78 Å². The molecule has 1 heterocycles. The highest BCUT2D eigenvalue weighted by atomic mass is 35.5. The van der Waals surface area contributed by atoms with Gasteiger partial charge < -0.3 is 5.11 Å². The maximum atomic E-state index is 10.6. The summed E-state index contributed by atoms with van der Waals surface area (Å²) < 4.78 is 1.43. The van der Waals surface area contributed by atoms with Gasteiger partial charge in [0.2, 0.25) is 0 Å². The summed E-state index contributed by atoms with van der Waals surface area (Å²) in [6, 6.07) is 9.30. The van der Waals surface area contributed by atoms with Crippen molar-refractivity contribution in [2.24, 2.45) is 0 Å². The lowest BCUT2D eigenvalue weighted by Gasteiger charge is -1.99. The number of nitrogens with zero attached hydrogens (tertiary/aromatic N) is 2. The van der Waals surface area contributed by atoms with Crippen molar-refractivity contribution in [3.8, 4) is 5.69 Å². The lowest BCUT2D eigenvalue weighted by Crippen LogP contribution is -2.00. The molecule has 1 N–H and O–H groups in total. The van der Waals surface area contributed by atoms with Crippen LogP contribution in [0.3, 0.4) is 0 Å². The first kappa shape index (κ1) is 9.73. The molecule has 0 aliphatic carbocycles. The Bertz CT molecular complexity index is 490. The molecule has 2 aromatic rings. The predicted molar refractivity (Wildman–Crippen MR) is 54.4 cm³/mol. The molecule has 0 saturated heterocycles. The van der Waals surface area contributed by atoms with Crippen LogP contribution in [0.15, 0.2) is 30.5 Å². The summed E-state index contributed by atoms with van der Waals surface area (Å²) in [5, 5.41) is 13.1. The lowest BCUT2D eigenvalue weighted by molar-refractivity contribution is 0.0690. The summed E-state index contributed by atoms with van der Waals surface area (Å²) in [7, 11) is 0. The van der Waals surface area contributed by atoms with Gasteiger partial charge >= 0.3 is 5.97 Å². The van der Waals surface area contributed by atoms with Gasteiger partial charge in [0.25, 0.3) is 0 Å². The Morgan fingerprint density at radius 1 is 1.47 bits per heavy atom. The molecule has 5 heteroatoms. The average molecular weight is 222 g/mol. The molecule has 0 unspecified atom stereocenters. The summed E-state index contributed by atoms with van der Waals surface area (Å²) in [4.78, 5) is 10.6. The van der Waals surface area contributed by atoms with Gasteiger partial charge in [-0.2, -0.15) is 5.10 Å². The Kier molecular flexibility index (Phi) is 2.43. The molecule has 1 aromatic heterocycles. The van der Waals surface area contributed by atoms with Gasteiger partial charge in [-0.3, -0.25) is 0 Å². The highest BCUT2D eigenvalue weighted by Gasteiger charge is 2.07. The first-order valence-corrected chi connectivity index (χ1v) is 4.51. The molecular formula is C10H6ClN2O2. The van der Waals surface area contributed by atoms with Crippen LogP contribution in [-0.4, -0.2) is 20.9 Å². The average Bonchev–Trinajstić information content (AvgIpc) is 2.68. The monoisotopic (exact) mass is 221 g/mol. The number of hydrogen-bond acceptors (Lipinski definition) is 2. The molecule has 0 aliphatic rings. The third-order valence-electron chi connectivity index (χ3n) is 1.81. The van der Waals surface area contributed by atoms with E-state index in [1.807, 2.05) is 0 Å². The van der Waals surface area contributed by atoms with Crippen LogP contribution < -0.4 is 0 Å². The minimum absolute atomic E-state index is 0.00153. The molecule has 0 atom stereocenters. The lowest BCUT2D eigenvalue weighted by atomic mass is 10.3. The fraction of sp³-hybridized carbons (Fsp3) is 0. The number of carboxylic acid groups (broad SMARTS) is 1. The number of aromatic carboxylic acids is 1. The molecule has 4 nitrogen and oxygen atoms in total. The summed E-state index contributed by atoms with van der Waals surface area (Å²) in [6.45, 7) is 0. The minimum atomic E-state index is -1.05. The summed E-state index contributed by atoms with van der Waals surface area (Å²) in [5.74, 6) is -1.05. The number of halogens is 1. The standard InChI is InChI=1S/C10H6ClN2O2/c11-7-1-3-8(4-2-7)13-6-5-9(12-13)10(14)15/h1-3,5-6H,(H,14,15). The second-order valence-corrected chi connectivity index (χ2v) is 3.28. The highest BCUT2D eigenvalue weighted by molar-refractivity contribution is 6.30. The van der Waals surface area contributed by atoms with Gasteiger partial charge in [0, 0.05) is 17.3 Å². The molecule has 0 fully saturated rings. The van der Waals surface area contributed by atoms with Crippen LogP contribution in [0.5, 0.6) is 0 Å². The van der Waals surface area contributed by atoms with Crippen LogP contribution in [0.25, 0.3) is 5.69 Å². The van der Waals surface area contributed by atoms with E-state index in [0.717, 1.165) is 0 Å². The molecule has 1 radical (unpaired) electrons. The Hall–Kier alpha value is -1.81. The quantitative estimate of drug-likeness (QED) is 0.844. The van der Waals surface area contributed by atoms with E-state index in [1.165, 1.54) is 10.7 Å². The highest BCUT2D eigenvalue weighted by Crippen LogP contribution is 2.12. The molecule has 0 spiro atoms. The van der Waals surface area contributed by atoms with E-state index in [9.17, 15) is 4.79 Å². The molecule has 1 aromatic carbocycles. The van der Waals surface area contributed by atoms with Gasteiger partial charge in [-0.25, -0.2) is 9.48 Å². The van der Waals surface area contributed by atoms with E-state index in [1.54, 1.807) is 24.4 Å². The first-order chi connectivity index (χ1) is 7.16. The maximum Gasteiger partial charge on any atom is 0.356 e. The van der Waals surface area contributed by atoms with Crippen molar-refractivity contribution in [3.63, 3.8) is 0 Å². The zero-order valence-corrected chi connectivity index (χ0v) is 8.27. The molecule has 0 amide bonds. The Labute approximate surface area is 90.7 Å². The van der Waals surface area contributed by atoms with Crippen molar-refractivity contribution in [2.45, 2.75) is 0 Å². The summed E-state index contributed by atoms with van der Waals surface area (Å²) in [6.07, 6.45) is 1.56. The van der Waals surface area contributed by atoms with Crippen LogP contribution in [0, 0.1) is 6.07 Å². The molecule has 0 aliphatic heterocycles. The Morgan fingerprint density at radius 2 is 2.27 bits per heavy atom. The van der Waals surface area contributed by atoms with Gasteiger partial charge in [-0.1, -0.05) is 11.6 Å². The van der Waals surface area contributed by atoms with Gasteiger partial charge in [-0.15, -0.1) is 0 Å². The smallest absolute Gasteiger partial charge is 0.356 e. The molecule has 2 rings (SSSR count). The maximum absolute atomic E-state index is 10.6. The van der Waals surface area contributed by atoms with Crippen molar-refractivity contribution in [1.29, 1.82) is 0 Å². The van der Waals surface area contributed by atoms with E-state index < -0.39 is 5.97 Å². The molecule has 0 saturated carbocycles. The predicted octanol–water partition coefficient (Wildman–Crippen LogP) is 2.02. The largest absolute Gasteiger partial charge is 0.476 e. The van der Waals surface area contributed by atoms with Gasteiger partial charge in [0.05, 0.1) is 5.69 Å². The van der Waals surface area contributed by atoms with E-state index in [0.29, 0.717) is 10.7 Å². The number of aromatic nitrogens is 2. The van der Waals surface area contributed by atoms with Gasteiger partial charge in [-0.05, 0) is 24.3 Å². The zero-order valence-electron chi connectivity index (χ0n) is 7.51. The third-order valence-corrected chi connectivity index (χ3v) is 2.05. The minimum Gasteiger partial charge on any atom is -0.476 e. The zero-order chi connectivity index (χ0) is 10.8. The number of carbonyl (C=O) groups is 1. The summed E-state index contributed by atoms with van der Waals surface area (Å²) in [5.41, 5.74) is 0.644. The van der Waals surface area contributed by atoms with Crippen LogP contribution in [0.4, 0.5) is 0 Å². The van der Waals surface area contributed by atoms with E-state index in [2.05, 4.69) is 11.2 Å². The SMILES string of the molecule is O=C(O)c1ccn(-c2[c]cc(Cl)cc2)n1. The third kappa shape index (κ3) is 1.99. The van der Waals surface area contributed by atoms with E-state index in [-0.39, 0.29) is 5.69 Å². The van der Waals surface area contributed by atoms with Gasteiger partial charge in [0.1, 0.15) is 0 Å². The fourth-order valence-electron chi connectivity index (χ4n) is 1.11. The molecule has 75 valence electrons. The van der Waals surface area contributed by atoms with Crippen LogP contribution in [0.2, 0.25) is 5.02 Å². The summed E-state index contributed by atoms with van der Waals surface area (Å²) >= 11 is 5.70. The Balaban J connectivity index is 2.37. The van der Waals surface area contributed by atoms with Crippen molar-refractivity contribution in [3.05, 3.63) is 47.2 Å². The second kappa shape index (κ2) is 3.74. The number of carboxylic acids is 1. The number of rotatable bonds is 2. The normalized spacial score (nSPS) is 10.2. The van der Waals surface area contributed by atoms with Gasteiger partial charge in [0.15, 0.2) is 5.69 Å². The van der Waals surface area contributed by atoms with Crippen LogP contribution in [-0.2, 0) is 0 Å². The second-order valence-electron chi connectivity index (χ2n) is 2.84. The molecule has 15 heavy (non-hydrogen) atoms. The topological polar surface area (TPSA) is 55.1 Å². The Morgan fingerprint density at radius 3 is 2.80 bits per heavy atom. The van der Waals surface area contributed by atoms with Crippen LogP contribution in [0.1, 0.15) is 10.5 Å². The number of benzene rings is 1. The molecular weight excluding hydrogens is 216 g/mol. The van der Waals surface area contributed by atoms with E-state index >= 15 is 0 Å². The van der Waals surface area contributed by atoms with Crippen molar-refractivity contribution < 1.29 is 9.90 Å². The fourth-order valence-corrected chi connectivity index (χ4v) is 1.23. The van der Waals surface area contributed by atoms with Crippen LogP contribution >= 0.6 is 11.6 Å². The van der Waals surface area contributed by atoms with E-state index in [4.69, 9.17) is 16.7 Å². The van der Waals surface area contributed by atoms with Crippen molar-refractivity contribution >= 4 is 17.6 Å².